The van der Waals surface area contributed by atoms with Crippen LogP contribution in [0.3, 0.4) is 0 Å². The number of ketones is 1. The van der Waals surface area contributed by atoms with Crippen molar-refractivity contribution in [1.82, 2.24) is 0 Å². The van der Waals surface area contributed by atoms with Crippen molar-refractivity contribution in [1.29, 1.82) is 0 Å². The lowest BCUT2D eigenvalue weighted by Crippen LogP contribution is -3.00. The van der Waals surface area contributed by atoms with Crippen molar-refractivity contribution < 1.29 is 47.5 Å². The van der Waals surface area contributed by atoms with Crippen LogP contribution in [0.4, 0.5) is 4.79 Å². The largest absolute Gasteiger partial charge is 1.00 e. The Bertz CT molecular complexity index is 770. The number of hydrogen-bond acceptors (Lipinski definition) is 4. The first-order chi connectivity index (χ1) is 15.2. The topological polar surface area (TPSA) is 52.6 Å². The maximum absolute atomic E-state index is 12.6. The molecule has 0 unspecified atom stereocenters. The number of Topliss-reactive ketones (excluding diaryl/α,β-unsaturated/α-hetero) is 1. The lowest BCUT2D eigenvalue weighted by atomic mass is 9.48. The van der Waals surface area contributed by atoms with E-state index in [1.165, 1.54) is 5.57 Å². The van der Waals surface area contributed by atoms with E-state index in [-0.39, 0.29) is 40.9 Å². The second-order valence-corrected chi connectivity index (χ2v) is 11.5. The van der Waals surface area contributed by atoms with Crippen molar-refractivity contribution in [2.24, 2.45) is 28.6 Å². The molecular formula is C27H44INO4. The van der Waals surface area contributed by atoms with Gasteiger partial charge in [-0.25, -0.2) is 4.79 Å². The van der Waals surface area contributed by atoms with E-state index in [0.717, 1.165) is 75.5 Å². The lowest BCUT2D eigenvalue weighted by Gasteiger charge is -2.56. The summed E-state index contributed by atoms with van der Waals surface area (Å²) in [6.07, 6.45) is 9.84. The Kier molecular flexibility index (Phi) is 8.30. The van der Waals surface area contributed by atoms with Gasteiger partial charge in [0.2, 0.25) is 6.73 Å². The van der Waals surface area contributed by atoms with E-state index in [1.54, 1.807) is 0 Å². The van der Waals surface area contributed by atoms with Crippen LogP contribution < -0.4 is 24.0 Å². The van der Waals surface area contributed by atoms with Gasteiger partial charge in [0.1, 0.15) is 11.9 Å². The highest BCUT2D eigenvalue weighted by atomic mass is 127. The number of nitrogens with zero attached hydrogens (tertiary/aromatic N) is 1. The van der Waals surface area contributed by atoms with Gasteiger partial charge in [0.05, 0.1) is 19.6 Å². The first-order valence-electron chi connectivity index (χ1n) is 13.1. The summed E-state index contributed by atoms with van der Waals surface area (Å²) in [5, 5.41) is 0. The minimum atomic E-state index is -0.511. The number of hydrogen-bond donors (Lipinski definition) is 0. The average molecular weight is 574 g/mol. The van der Waals surface area contributed by atoms with Gasteiger partial charge in [-0.3, -0.25) is 9.28 Å². The molecule has 5 nitrogen and oxygen atoms in total. The van der Waals surface area contributed by atoms with Gasteiger partial charge in [-0.1, -0.05) is 25.5 Å². The third-order valence-corrected chi connectivity index (χ3v) is 10.5. The molecule has 0 amide bonds. The molecule has 6 atom stereocenters. The summed E-state index contributed by atoms with van der Waals surface area (Å²) in [7, 11) is 0. The highest BCUT2D eigenvalue weighted by Gasteiger charge is 2.58. The van der Waals surface area contributed by atoms with Gasteiger partial charge in [-0.2, -0.15) is 0 Å². The van der Waals surface area contributed by atoms with Crippen molar-refractivity contribution in [2.75, 3.05) is 26.4 Å². The molecule has 0 heterocycles. The van der Waals surface area contributed by atoms with Crippen LogP contribution >= 0.6 is 0 Å². The Morgan fingerprint density at radius 3 is 2.33 bits per heavy atom. The third-order valence-electron chi connectivity index (χ3n) is 10.5. The van der Waals surface area contributed by atoms with Crippen LogP contribution in [0.1, 0.15) is 86.0 Å². The minimum Gasteiger partial charge on any atom is -1.00 e. The molecule has 0 saturated heterocycles. The fourth-order valence-corrected chi connectivity index (χ4v) is 7.80. The molecule has 4 rings (SSSR count). The van der Waals surface area contributed by atoms with Crippen LogP contribution in [-0.2, 0) is 14.3 Å². The van der Waals surface area contributed by atoms with Crippen LogP contribution in [-0.4, -0.2) is 48.9 Å². The van der Waals surface area contributed by atoms with Gasteiger partial charge < -0.3 is 33.5 Å². The summed E-state index contributed by atoms with van der Waals surface area (Å²) in [5.41, 5.74) is 1.60. The Hall–Kier alpha value is -0.630. The van der Waals surface area contributed by atoms with Crippen molar-refractivity contribution in [2.45, 2.75) is 92.1 Å². The first kappa shape index (κ1) is 27.0. The van der Waals surface area contributed by atoms with Crippen molar-refractivity contribution in [3.8, 4) is 0 Å². The molecule has 0 aromatic carbocycles. The van der Waals surface area contributed by atoms with E-state index in [2.05, 4.69) is 40.7 Å². The number of rotatable bonds is 6. The molecule has 188 valence electrons. The first-order valence-corrected chi connectivity index (χ1v) is 13.1. The predicted molar refractivity (Wildman–Crippen MR) is 125 cm³/mol. The summed E-state index contributed by atoms with van der Waals surface area (Å²) in [6, 6.07) is 0. The van der Waals surface area contributed by atoms with Crippen LogP contribution in [0.2, 0.25) is 0 Å². The lowest BCUT2D eigenvalue weighted by molar-refractivity contribution is -0.939. The van der Waals surface area contributed by atoms with E-state index < -0.39 is 6.16 Å². The molecule has 0 spiro atoms. The SMILES string of the molecule is CC[N+](CC)(CC)COC(=O)O[C@H]1CC[C@@]2(C)C(=CC[C@@H]3[C@@H]2CC[C@]2(C)C(=O)CC[C@@H]32)C1.[I-]. The molecular weight excluding hydrogens is 529 g/mol. The van der Waals surface area contributed by atoms with E-state index in [9.17, 15) is 9.59 Å². The summed E-state index contributed by atoms with van der Waals surface area (Å²) in [5.74, 6) is 2.37. The van der Waals surface area contributed by atoms with Crippen molar-refractivity contribution >= 4 is 11.9 Å². The summed E-state index contributed by atoms with van der Waals surface area (Å²) in [4.78, 5) is 25.1. The fraction of sp³-hybridized carbons (Fsp3) is 0.852. The molecule has 0 aromatic rings. The van der Waals surface area contributed by atoms with Crippen LogP contribution in [0.25, 0.3) is 0 Å². The van der Waals surface area contributed by atoms with Gasteiger partial charge >= 0.3 is 6.16 Å². The quantitative estimate of drug-likeness (QED) is 0.161. The Balaban J connectivity index is 0.00000306. The highest BCUT2D eigenvalue weighted by molar-refractivity contribution is 5.87. The zero-order valence-corrected chi connectivity index (χ0v) is 23.5. The zero-order chi connectivity index (χ0) is 23.1. The standard InChI is InChI=1S/C27H44NO4.HI/c1-6-28(7-2,8-3)18-31-25(30)32-20-13-15-26(4)19(17-20)9-10-21-22-11-12-24(29)27(22,5)16-14-23(21)26;/h9,20-23H,6-8,10-18H2,1-5H3;1H/q+1;/p-1/t20-,21-,22-,23-,26-,27-;/m0./s1. The van der Waals surface area contributed by atoms with Crippen LogP contribution in [0.15, 0.2) is 11.6 Å². The molecule has 33 heavy (non-hydrogen) atoms. The number of halogens is 1. The molecule has 0 N–H and O–H groups in total. The highest BCUT2D eigenvalue weighted by Crippen LogP contribution is 2.64. The molecule has 0 radical (unpaired) electrons. The molecule has 0 aromatic heterocycles. The molecule has 3 fully saturated rings. The summed E-state index contributed by atoms with van der Waals surface area (Å²) < 4.78 is 12.1. The van der Waals surface area contributed by atoms with Gasteiger partial charge in [0, 0.05) is 18.3 Å². The van der Waals surface area contributed by atoms with Crippen LogP contribution in [0.5, 0.6) is 0 Å². The Morgan fingerprint density at radius 2 is 1.67 bits per heavy atom. The second-order valence-electron chi connectivity index (χ2n) is 11.5. The van der Waals surface area contributed by atoms with Gasteiger partial charge in [0.25, 0.3) is 0 Å². The minimum absolute atomic E-state index is 0. The maximum atomic E-state index is 12.6. The summed E-state index contributed by atoms with van der Waals surface area (Å²) >= 11 is 0. The zero-order valence-electron chi connectivity index (χ0n) is 21.3. The molecule has 0 aliphatic heterocycles. The Labute approximate surface area is 217 Å². The average Bonchev–Trinajstić information content (AvgIpc) is 3.10. The fourth-order valence-electron chi connectivity index (χ4n) is 7.80. The summed E-state index contributed by atoms with van der Waals surface area (Å²) in [6.45, 7) is 14.3. The molecule has 4 aliphatic carbocycles. The smallest absolute Gasteiger partial charge is 0.512 e. The maximum Gasteiger partial charge on any atom is 0.512 e. The van der Waals surface area contributed by atoms with E-state index in [4.69, 9.17) is 9.47 Å². The molecule has 6 heteroatoms. The Morgan fingerprint density at radius 1 is 1.03 bits per heavy atom. The number of allylic oxidation sites excluding steroid dienone is 1. The number of quaternary nitrogens is 1. The van der Waals surface area contributed by atoms with Gasteiger partial charge in [0.15, 0.2) is 0 Å². The van der Waals surface area contributed by atoms with Gasteiger partial charge in [-0.15, -0.1) is 0 Å². The number of carbonyl (C=O) groups is 2. The van der Waals surface area contributed by atoms with E-state index >= 15 is 0 Å². The van der Waals surface area contributed by atoms with Crippen molar-refractivity contribution in [3.05, 3.63) is 11.6 Å². The third kappa shape index (κ3) is 4.64. The van der Waals surface area contributed by atoms with Gasteiger partial charge in [-0.05, 0) is 82.5 Å². The number of fused-ring (bicyclic) bond motifs is 5. The normalized spacial score (nSPS) is 37.7. The number of ether oxygens (including phenoxy) is 2. The second kappa shape index (κ2) is 10.2. The molecule has 0 bridgehead atoms. The van der Waals surface area contributed by atoms with E-state index in [1.807, 2.05) is 0 Å². The van der Waals surface area contributed by atoms with E-state index in [0.29, 0.717) is 30.3 Å². The molecule has 3 saturated carbocycles. The predicted octanol–water partition coefficient (Wildman–Crippen LogP) is 2.88. The van der Waals surface area contributed by atoms with Crippen molar-refractivity contribution in [3.63, 3.8) is 0 Å². The molecule has 4 aliphatic rings. The van der Waals surface area contributed by atoms with Crippen LogP contribution in [0, 0.1) is 28.6 Å². The monoisotopic (exact) mass is 573 g/mol. The number of carbonyl (C=O) groups excluding carboxylic acids is 2.